The number of anilines is 2. The van der Waals surface area contributed by atoms with Crippen molar-refractivity contribution >= 4 is 17.5 Å². The summed E-state index contributed by atoms with van der Waals surface area (Å²) >= 11 is 0. The third-order valence-corrected chi connectivity index (χ3v) is 5.59. The number of pyridine rings is 1. The Morgan fingerprint density at radius 2 is 2.03 bits per heavy atom. The number of nitrogens with zero attached hydrogens (tertiary/aromatic N) is 4. The number of carbonyl (C=O) groups is 1. The van der Waals surface area contributed by atoms with Gasteiger partial charge in [0.15, 0.2) is 6.10 Å². The Labute approximate surface area is 186 Å². The van der Waals surface area contributed by atoms with Crippen molar-refractivity contribution in [2.75, 3.05) is 18.4 Å². The summed E-state index contributed by atoms with van der Waals surface area (Å²) in [7, 11) is 0. The molecule has 1 amide bonds. The van der Waals surface area contributed by atoms with Gasteiger partial charge in [0, 0.05) is 37.5 Å². The van der Waals surface area contributed by atoms with E-state index in [1.165, 1.54) is 12.1 Å². The second-order valence-electron chi connectivity index (χ2n) is 7.94. The first-order valence-corrected chi connectivity index (χ1v) is 10.7. The summed E-state index contributed by atoms with van der Waals surface area (Å²) in [5, 5.41) is 3.23. The van der Waals surface area contributed by atoms with Crippen molar-refractivity contribution in [2.45, 2.75) is 38.7 Å². The predicted octanol–water partition coefficient (Wildman–Crippen LogP) is 4.24. The highest BCUT2D eigenvalue weighted by atomic mass is 19.1. The maximum absolute atomic E-state index is 13.4. The quantitative estimate of drug-likeness (QED) is 0.624. The Kier molecular flexibility index (Phi) is 6.58. The summed E-state index contributed by atoms with van der Waals surface area (Å²) in [5.74, 6) is 1.49. The molecule has 32 heavy (non-hydrogen) atoms. The maximum Gasteiger partial charge on any atom is 0.263 e. The van der Waals surface area contributed by atoms with Crippen LogP contribution in [0.25, 0.3) is 0 Å². The Bertz CT molecular complexity index is 1090. The number of piperidine rings is 1. The first-order valence-electron chi connectivity index (χ1n) is 10.7. The highest BCUT2D eigenvalue weighted by molar-refractivity contribution is 5.81. The van der Waals surface area contributed by atoms with Crippen LogP contribution in [0.1, 0.15) is 36.9 Å². The highest BCUT2D eigenvalue weighted by Crippen LogP contribution is 2.28. The van der Waals surface area contributed by atoms with Gasteiger partial charge in [-0.3, -0.25) is 9.78 Å². The van der Waals surface area contributed by atoms with Crippen molar-refractivity contribution in [1.29, 1.82) is 0 Å². The summed E-state index contributed by atoms with van der Waals surface area (Å²) in [5.41, 5.74) is 1.93. The molecular formula is C24H26FN5O2. The van der Waals surface area contributed by atoms with Crippen molar-refractivity contribution < 1.29 is 13.9 Å². The Balaban J connectivity index is 1.34. The fraction of sp³-hybridized carbons (Fsp3) is 0.333. The molecule has 0 aliphatic carbocycles. The van der Waals surface area contributed by atoms with Crippen LogP contribution in [-0.4, -0.2) is 45.0 Å². The fourth-order valence-corrected chi connectivity index (χ4v) is 3.82. The molecular weight excluding hydrogens is 409 g/mol. The van der Waals surface area contributed by atoms with Crippen LogP contribution in [0.2, 0.25) is 0 Å². The second kappa shape index (κ2) is 9.72. The predicted molar refractivity (Wildman–Crippen MR) is 119 cm³/mol. The fourth-order valence-electron chi connectivity index (χ4n) is 3.82. The van der Waals surface area contributed by atoms with Crippen LogP contribution < -0.4 is 10.1 Å². The van der Waals surface area contributed by atoms with Gasteiger partial charge in [0.1, 0.15) is 23.2 Å². The number of ether oxygens (including phenoxy) is 1. The van der Waals surface area contributed by atoms with Crippen molar-refractivity contribution in [2.24, 2.45) is 0 Å². The lowest BCUT2D eigenvalue weighted by Gasteiger charge is -2.33. The zero-order valence-corrected chi connectivity index (χ0v) is 18.2. The van der Waals surface area contributed by atoms with Crippen molar-refractivity contribution in [3.63, 3.8) is 0 Å². The summed E-state index contributed by atoms with van der Waals surface area (Å²) in [6.45, 7) is 4.90. The molecule has 1 aliphatic heterocycles. The molecule has 3 heterocycles. The topological polar surface area (TPSA) is 80.2 Å². The van der Waals surface area contributed by atoms with Crippen LogP contribution in [0.5, 0.6) is 5.75 Å². The van der Waals surface area contributed by atoms with Crippen LogP contribution in [0.4, 0.5) is 16.0 Å². The van der Waals surface area contributed by atoms with E-state index in [0.717, 1.165) is 29.9 Å². The van der Waals surface area contributed by atoms with Crippen LogP contribution >= 0.6 is 0 Å². The molecule has 1 fully saturated rings. The molecule has 7 nitrogen and oxygen atoms in total. The van der Waals surface area contributed by atoms with Gasteiger partial charge in [0.2, 0.25) is 0 Å². The molecule has 166 valence electrons. The third-order valence-electron chi connectivity index (χ3n) is 5.59. The van der Waals surface area contributed by atoms with E-state index in [2.05, 4.69) is 15.3 Å². The van der Waals surface area contributed by atoms with E-state index in [1.807, 2.05) is 19.1 Å². The number of benzene rings is 1. The zero-order valence-electron chi connectivity index (χ0n) is 18.2. The van der Waals surface area contributed by atoms with Crippen molar-refractivity contribution in [3.8, 4) is 5.75 Å². The van der Waals surface area contributed by atoms with Gasteiger partial charge in [-0.05, 0) is 50.5 Å². The minimum absolute atomic E-state index is 0.0974. The average Bonchev–Trinajstić information content (AvgIpc) is 2.80. The molecule has 2 aromatic heterocycles. The van der Waals surface area contributed by atoms with Gasteiger partial charge in [0.05, 0.1) is 11.9 Å². The number of nitrogens with one attached hydrogen (secondary N) is 1. The van der Waals surface area contributed by atoms with E-state index in [0.29, 0.717) is 24.7 Å². The van der Waals surface area contributed by atoms with Crippen molar-refractivity contribution in [1.82, 2.24) is 19.9 Å². The normalized spacial score (nSPS) is 15.3. The van der Waals surface area contributed by atoms with E-state index in [1.54, 1.807) is 42.5 Å². The molecule has 0 radical (unpaired) electrons. The highest BCUT2D eigenvalue weighted by Gasteiger charge is 2.28. The molecule has 0 bridgehead atoms. The Hall–Kier alpha value is -3.55. The molecule has 0 saturated carbocycles. The Morgan fingerprint density at radius 3 is 2.78 bits per heavy atom. The van der Waals surface area contributed by atoms with Crippen LogP contribution in [-0.2, 0) is 4.79 Å². The van der Waals surface area contributed by atoms with Crippen LogP contribution in [0.15, 0.2) is 55.0 Å². The smallest absolute Gasteiger partial charge is 0.263 e. The molecule has 1 N–H and O–H groups in total. The van der Waals surface area contributed by atoms with Gasteiger partial charge in [-0.2, -0.15) is 0 Å². The molecule has 1 aliphatic rings. The number of hydrogen-bond donors (Lipinski definition) is 1. The molecule has 3 aromatic rings. The molecule has 0 unspecified atom stereocenters. The van der Waals surface area contributed by atoms with E-state index in [4.69, 9.17) is 9.72 Å². The number of aryl methyl sites for hydroxylation is 1. The van der Waals surface area contributed by atoms with Gasteiger partial charge >= 0.3 is 0 Å². The van der Waals surface area contributed by atoms with Gasteiger partial charge < -0.3 is 15.0 Å². The maximum atomic E-state index is 13.4. The van der Waals surface area contributed by atoms with E-state index < -0.39 is 6.10 Å². The van der Waals surface area contributed by atoms with E-state index in [9.17, 15) is 9.18 Å². The van der Waals surface area contributed by atoms with E-state index in [-0.39, 0.29) is 17.6 Å². The van der Waals surface area contributed by atoms with Gasteiger partial charge in [-0.1, -0.05) is 12.1 Å². The third kappa shape index (κ3) is 5.19. The lowest BCUT2D eigenvalue weighted by Crippen LogP contribution is -2.44. The minimum atomic E-state index is -0.678. The number of rotatable bonds is 6. The standard InChI is InChI=1S/C24H26FN5O2/c1-16-5-4-10-27-23(16)29-22-15-26-14-21(28-22)18-8-11-30(12-9-18)24(31)17(2)32-20-7-3-6-19(25)13-20/h3-7,10,13-15,17-18H,8-9,11-12H2,1-2H3,(H,27,28,29)/t17-/m1/s1. The number of carbonyl (C=O) groups excluding carboxylic acids is 1. The zero-order chi connectivity index (χ0) is 22.5. The second-order valence-corrected chi connectivity index (χ2v) is 7.94. The molecule has 1 atom stereocenters. The van der Waals surface area contributed by atoms with Crippen molar-refractivity contribution in [3.05, 3.63) is 72.1 Å². The molecule has 0 spiro atoms. The first kappa shape index (κ1) is 21.7. The summed E-state index contributed by atoms with van der Waals surface area (Å²) in [6, 6.07) is 9.70. The van der Waals surface area contributed by atoms with Gasteiger partial charge in [-0.15, -0.1) is 0 Å². The molecule has 1 saturated heterocycles. The van der Waals surface area contributed by atoms with E-state index >= 15 is 0 Å². The largest absolute Gasteiger partial charge is 0.481 e. The lowest BCUT2D eigenvalue weighted by atomic mass is 9.93. The first-order chi connectivity index (χ1) is 15.5. The average molecular weight is 436 g/mol. The van der Waals surface area contributed by atoms with Crippen LogP contribution in [0.3, 0.4) is 0 Å². The number of aromatic nitrogens is 3. The summed E-state index contributed by atoms with van der Waals surface area (Å²) < 4.78 is 19.0. The Morgan fingerprint density at radius 1 is 1.22 bits per heavy atom. The summed E-state index contributed by atoms with van der Waals surface area (Å²) in [6.07, 6.45) is 6.11. The minimum Gasteiger partial charge on any atom is -0.481 e. The number of likely N-dealkylation sites (tertiary alicyclic amines) is 1. The monoisotopic (exact) mass is 435 g/mol. The van der Waals surface area contributed by atoms with Crippen LogP contribution in [0, 0.1) is 12.7 Å². The molecule has 4 rings (SSSR count). The molecule has 1 aromatic carbocycles. The van der Waals surface area contributed by atoms with Gasteiger partial charge in [-0.25, -0.2) is 14.4 Å². The number of amides is 1. The summed E-state index contributed by atoms with van der Waals surface area (Å²) in [4.78, 5) is 28.0. The van der Waals surface area contributed by atoms with Gasteiger partial charge in [0.25, 0.3) is 5.91 Å². The molecule has 8 heteroatoms. The lowest BCUT2D eigenvalue weighted by molar-refractivity contribution is -0.139. The SMILES string of the molecule is Cc1cccnc1Nc1cncc(C2CCN(C(=O)[C@@H](C)Oc3cccc(F)c3)CC2)n1. The number of halogens is 1. The number of hydrogen-bond acceptors (Lipinski definition) is 6.